The van der Waals surface area contributed by atoms with Gasteiger partial charge in [0.15, 0.2) is 0 Å². The molecule has 0 aliphatic carbocycles. The van der Waals surface area contributed by atoms with Crippen molar-refractivity contribution in [1.82, 2.24) is 25.1 Å². The fourth-order valence-electron chi connectivity index (χ4n) is 5.47. The van der Waals surface area contributed by atoms with E-state index < -0.39 is 5.41 Å². The minimum absolute atomic E-state index is 0.0155. The monoisotopic (exact) mass is 562 g/mol. The summed E-state index contributed by atoms with van der Waals surface area (Å²) in [5.74, 6) is 0.615. The molecule has 3 aliphatic heterocycles. The molecule has 5 heterocycles. The number of piperidine rings is 1. The highest BCUT2D eigenvalue weighted by Crippen LogP contribution is 2.41. The van der Waals surface area contributed by atoms with Gasteiger partial charge in [0.05, 0.1) is 17.0 Å². The molecule has 0 saturated carbocycles. The number of anilines is 1. The number of aromatic nitrogens is 2. The number of thiazole rings is 1. The van der Waals surface area contributed by atoms with Gasteiger partial charge in [0.2, 0.25) is 17.7 Å². The third-order valence-electron chi connectivity index (χ3n) is 7.97. The topological polar surface area (TPSA) is 108 Å². The van der Waals surface area contributed by atoms with Gasteiger partial charge in [0.1, 0.15) is 5.82 Å². The first-order valence-electron chi connectivity index (χ1n) is 14.0. The van der Waals surface area contributed by atoms with Gasteiger partial charge in [-0.3, -0.25) is 14.4 Å². The summed E-state index contributed by atoms with van der Waals surface area (Å²) in [6, 6.07) is 2.01. The summed E-state index contributed by atoms with van der Waals surface area (Å²) in [5, 5.41) is 9.34. The molecule has 0 aromatic carbocycles. The SMILES string of the molecule is CC(C)(C)NCC(=O)N1CCC2(CC1)Cc1cc(C=CC(=O)N3CC=C(Cc4nccs4)CC3)cnc1NC2=O. The Morgan fingerprint density at radius 3 is 2.65 bits per heavy atom. The van der Waals surface area contributed by atoms with Gasteiger partial charge in [-0.1, -0.05) is 11.6 Å². The first-order valence-corrected chi connectivity index (χ1v) is 14.8. The number of pyridine rings is 1. The van der Waals surface area contributed by atoms with Crippen molar-refractivity contribution in [3.8, 4) is 0 Å². The maximum Gasteiger partial charge on any atom is 0.246 e. The lowest BCUT2D eigenvalue weighted by Gasteiger charge is -2.43. The zero-order chi connectivity index (χ0) is 28.3. The van der Waals surface area contributed by atoms with Crippen LogP contribution in [0.5, 0.6) is 0 Å². The van der Waals surface area contributed by atoms with Crippen molar-refractivity contribution in [2.45, 2.75) is 58.4 Å². The van der Waals surface area contributed by atoms with Crippen LogP contribution in [0.2, 0.25) is 0 Å². The molecule has 9 nitrogen and oxygen atoms in total. The third kappa shape index (κ3) is 6.67. The number of nitrogens with zero attached hydrogens (tertiary/aromatic N) is 4. The first-order chi connectivity index (χ1) is 19.1. The molecular weight excluding hydrogens is 524 g/mol. The van der Waals surface area contributed by atoms with Crippen LogP contribution in [0.1, 0.15) is 56.2 Å². The number of hydrogen-bond donors (Lipinski definition) is 2. The average molecular weight is 563 g/mol. The Balaban J connectivity index is 1.17. The molecular formula is C30H38N6O3S. The number of fused-ring (bicyclic) bond motifs is 1. The summed E-state index contributed by atoms with van der Waals surface area (Å²) in [6.45, 7) is 8.83. The van der Waals surface area contributed by atoms with Crippen LogP contribution in [0, 0.1) is 5.41 Å². The van der Waals surface area contributed by atoms with E-state index in [1.54, 1.807) is 29.7 Å². The Labute approximate surface area is 239 Å². The number of hydrogen-bond acceptors (Lipinski definition) is 7. The first kappa shape index (κ1) is 28.2. The average Bonchev–Trinajstić information content (AvgIpc) is 3.44. The second kappa shape index (κ2) is 11.6. The Morgan fingerprint density at radius 1 is 1.18 bits per heavy atom. The van der Waals surface area contributed by atoms with E-state index in [1.165, 1.54) is 5.57 Å². The highest BCUT2D eigenvalue weighted by molar-refractivity contribution is 7.09. The van der Waals surface area contributed by atoms with Gasteiger partial charge in [-0.05, 0) is 69.7 Å². The van der Waals surface area contributed by atoms with E-state index in [0.717, 1.165) is 29.0 Å². The molecule has 1 fully saturated rings. The molecule has 3 aliphatic rings. The van der Waals surface area contributed by atoms with E-state index in [2.05, 4.69) is 26.7 Å². The molecule has 0 bridgehead atoms. The van der Waals surface area contributed by atoms with Crippen molar-refractivity contribution in [2.75, 3.05) is 38.0 Å². The lowest BCUT2D eigenvalue weighted by molar-refractivity contribution is -0.137. The normalized spacial score (nSPS) is 19.0. The largest absolute Gasteiger partial charge is 0.342 e. The second-order valence-electron chi connectivity index (χ2n) is 12.0. The van der Waals surface area contributed by atoms with E-state index in [0.29, 0.717) is 57.8 Å². The molecule has 3 amide bonds. The molecule has 2 aromatic rings. The zero-order valence-electron chi connectivity index (χ0n) is 23.5. The van der Waals surface area contributed by atoms with Crippen molar-refractivity contribution in [3.63, 3.8) is 0 Å². The maximum absolute atomic E-state index is 13.1. The summed E-state index contributed by atoms with van der Waals surface area (Å²) in [6.07, 6.45) is 12.6. The van der Waals surface area contributed by atoms with Crippen LogP contribution in [0.15, 0.2) is 41.6 Å². The Kier molecular flexibility index (Phi) is 8.19. The molecule has 0 atom stereocenters. The molecule has 5 rings (SSSR count). The number of nitrogens with one attached hydrogen (secondary N) is 2. The van der Waals surface area contributed by atoms with Crippen molar-refractivity contribution >= 4 is 41.0 Å². The zero-order valence-corrected chi connectivity index (χ0v) is 24.4. The number of carbonyl (C=O) groups excluding carboxylic acids is 3. The summed E-state index contributed by atoms with van der Waals surface area (Å²) < 4.78 is 0. The number of rotatable bonds is 6. The third-order valence-corrected chi connectivity index (χ3v) is 8.75. The van der Waals surface area contributed by atoms with E-state index in [9.17, 15) is 14.4 Å². The minimum Gasteiger partial charge on any atom is -0.342 e. The van der Waals surface area contributed by atoms with Crippen molar-refractivity contribution in [1.29, 1.82) is 0 Å². The summed E-state index contributed by atoms with van der Waals surface area (Å²) in [7, 11) is 0. The van der Waals surface area contributed by atoms with Crippen LogP contribution in [0.3, 0.4) is 0 Å². The highest BCUT2D eigenvalue weighted by Gasteiger charge is 2.45. The molecule has 212 valence electrons. The molecule has 0 unspecified atom stereocenters. The molecule has 2 N–H and O–H groups in total. The molecule has 0 radical (unpaired) electrons. The van der Waals surface area contributed by atoms with Gasteiger partial charge in [-0.2, -0.15) is 0 Å². The molecule has 1 spiro atoms. The van der Waals surface area contributed by atoms with Crippen molar-refractivity contribution in [3.05, 3.63) is 57.7 Å². The fraction of sp³-hybridized carbons (Fsp3) is 0.500. The quantitative estimate of drug-likeness (QED) is 0.413. The van der Waals surface area contributed by atoms with Gasteiger partial charge < -0.3 is 20.4 Å². The number of carbonyl (C=O) groups is 3. The number of amides is 3. The van der Waals surface area contributed by atoms with Crippen LogP contribution in [0.25, 0.3) is 6.08 Å². The van der Waals surface area contributed by atoms with Crippen LogP contribution < -0.4 is 10.6 Å². The van der Waals surface area contributed by atoms with E-state index >= 15 is 0 Å². The standard InChI is InChI=1S/C30H38N6O3S/c1-29(2,3)33-20-26(38)36-13-8-30(9-14-36)18-23-16-22(19-32-27(23)34-28(30)39)4-5-25(37)35-11-6-21(7-12-35)17-24-31-10-15-40-24/h4-6,10,15-16,19,33H,7-9,11-14,17-18,20H2,1-3H3,(H,32,34,39). The predicted octanol–water partition coefficient (Wildman–Crippen LogP) is 3.44. The minimum atomic E-state index is -0.544. The Hall–Kier alpha value is -3.37. The van der Waals surface area contributed by atoms with E-state index in [4.69, 9.17) is 0 Å². The Bertz CT molecular complexity index is 1320. The molecule has 1 saturated heterocycles. The van der Waals surface area contributed by atoms with Gasteiger partial charge in [0, 0.05) is 62.0 Å². The molecule has 40 heavy (non-hydrogen) atoms. The summed E-state index contributed by atoms with van der Waals surface area (Å²) in [5.41, 5.74) is 2.46. The second-order valence-corrected chi connectivity index (χ2v) is 13.0. The smallest absolute Gasteiger partial charge is 0.246 e. The van der Waals surface area contributed by atoms with Gasteiger partial charge in [-0.25, -0.2) is 9.97 Å². The van der Waals surface area contributed by atoms with E-state index in [1.807, 2.05) is 48.2 Å². The van der Waals surface area contributed by atoms with Gasteiger partial charge in [-0.15, -0.1) is 11.3 Å². The van der Waals surface area contributed by atoms with Crippen LogP contribution >= 0.6 is 11.3 Å². The van der Waals surface area contributed by atoms with Crippen LogP contribution in [0.4, 0.5) is 5.82 Å². The van der Waals surface area contributed by atoms with Crippen LogP contribution in [-0.2, 0) is 27.2 Å². The number of likely N-dealkylation sites (tertiary alicyclic amines) is 1. The lowest BCUT2D eigenvalue weighted by Crippen LogP contribution is -2.53. The van der Waals surface area contributed by atoms with Gasteiger partial charge >= 0.3 is 0 Å². The molecule has 10 heteroatoms. The van der Waals surface area contributed by atoms with Crippen molar-refractivity contribution < 1.29 is 14.4 Å². The van der Waals surface area contributed by atoms with E-state index in [-0.39, 0.29) is 23.3 Å². The lowest BCUT2D eigenvalue weighted by atomic mass is 9.71. The summed E-state index contributed by atoms with van der Waals surface area (Å²) in [4.78, 5) is 51.2. The fourth-order valence-corrected chi connectivity index (χ4v) is 6.14. The Morgan fingerprint density at radius 2 is 1.98 bits per heavy atom. The van der Waals surface area contributed by atoms with Crippen LogP contribution in [-0.4, -0.2) is 75.8 Å². The van der Waals surface area contributed by atoms with Crippen molar-refractivity contribution in [2.24, 2.45) is 5.41 Å². The summed E-state index contributed by atoms with van der Waals surface area (Å²) >= 11 is 1.66. The predicted molar refractivity (Wildman–Crippen MR) is 157 cm³/mol. The van der Waals surface area contributed by atoms with Gasteiger partial charge in [0.25, 0.3) is 0 Å². The highest BCUT2D eigenvalue weighted by atomic mass is 32.1. The molecule has 2 aromatic heterocycles. The maximum atomic E-state index is 13.1.